The van der Waals surface area contributed by atoms with Crippen LogP contribution in [0.4, 0.5) is 0 Å². The zero-order valence-electron chi connectivity index (χ0n) is 13.8. The number of benzene rings is 1. The Hall–Kier alpha value is -1.23. The highest BCUT2D eigenvalue weighted by atomic mass is 32.2. The second-order valence-electron chi connectivity index (χ2n) is 7.06. The van der Waals surface area contributed by atoms with E-state index in [1.807, 2.05) is 30.0 Å². The lowest BCUT2D eigenvalue weighted by atomic mass is 10.1. The van der Waals surface area contributed by atoms with Crippen molar-refractivity contribution in [3.63, 3.8) is 0 Å². The largest absolute Gasteiger partial charge is 0.492 e. The van der Waals surface area contributed by atoms with Gasteiger partial charge in [-0.25, -0.2) is 8.42 Å². The van der Waals surface area contributed by atoms with Crippen molar-refractivity contribution in [1.82, 2.24) is 10.4 Å². The van der Waals surface area contributed by atoms with Crippen molar-refractivity contribution in [2.24, 2.45) is 5.92 Å². The molecule has 0 radical (unpaired) electrons. The van der Waals surface area contributed by atoms with Gasteiger partial charge in [0.2, 0.25) is 0 Å². The molecule has 0 amide bonds. The molecule has 25 heavy (non-hydrogen) atoms. The van der Waals surface area contributed by atoms with Gasteiger partial charge in [-0.3, -0.25) is 4.90 Å². The highest BCUT2D eigenvalue weighted by molar-refractivity contribution is 7.92. The van der Waals surface area contributed by atoms with Crippen LogP contribution in [0.5, 0.6) is 5.75 Å². The molecule has 138 valence electrons. The Morgan fingerprint density at radius 1 is 1.36 bits per heavy atom. The van der Waals surface area contributed by atoms with Gasteiger partial charge in [-0.2, -0.15) is 5.48 Å². The van der Waals surface area contributed by atoms with Crippen molar-refractivity contribution in [2.75, 3.05) is 18.1 Å². The number of epoxide rings is 1. The predicted octanol–water partition coefficient (Wildman–Crippen LogP) is 0.00870. The third-order valence-corrected chi connectivity index (χ3v) is 7.01. The number of aliphatic hydroxyl groups is 1. The molecular formula is C16H22N2O6S. The van der Waals surface area contributed by atoms with E-state index in [1.165, 1.54) is 0 Å². The number of hydrogen-bond acceptors (Lipinski definition) is 8. The van der Waals surface area contributed by atoms with E-state index in [0.717, 1.165) is 16.9 Å². The zero-order chi connectivity index (χ0) is 17.8. The molecule has 1 aromatic carbocycles. The summed E-state index contributed by atoms with van der Waals surface area (Å²) in [5, 5.41) is 19.5. The van der Waals surface area contributed by atoms with E-state index < -0.39 is 16.1 Å². The molecule has 0 bridgehead atoms. The fourth-order valence-electron chi connectivity index (χ4n) is 3.54. The lowest BCUT2D eigenvalue weighted by Gasteiger charge is -2.39. The summed E-state index contributed by atoms with van der Waals surface area (Å²) < 4.78 is 34.0. The van der Waals surface area contributed by atoms with Crippen LogP contribution in [0.15, 0.2) is 18.2 Å². The van der Waals surface area contributed by atoms with Crippen LogP contribution in [0, 0.1) is 5.92 Å². The Labute approximate surface area is 146 Å². The molecule has 2 fully saturated rings. The summed E-state index contributed by atoms with van der Waals surface area (Å²) in [7, 11) is -2.98. The van der Waals surface area contributed by atoms with Crippen molar-refractivity contribution in [1.29, 1.82) is 0 Å². The number of nitrogens with zero attached hydrogens (tertiary/aromatic N) is 1. The maximum atomic E-state index is 11.4. The summed E-state index contributed by atoms with van der Waals surface area (Å²) in [6.07, 6.45) is -1.38. The molecule has 0 saturated carbocycles. The highest BCUT2D eigenvalue weighted by Gasteiger charge is 2.43. The average Bonchev–Trinajstić information content (AvgIpc) is 3.35. The van der Waals surface area contributed by atoms with E-state index in [-0.39, 0.29) is 35.8 Å². The van der Waals surface area contributed by atoms with Crippen LogP contribution in [0.2, 0.25) is 0 Å². The van der Waals surface area contributed by atoms with Crippen LogP contribution in [-0.4, -0.2) is 60.2 Å². The normalized spacial score (nSPS) is 32.8. The maximum absolute atomic E-state index is 11.4. The molecule has 1 aromatic rings. The van der Waals surface area contributed by atoms with Gasteiger partial charge in [0.05, 0.1) is 11.5 Å². The van der Waals surface area contributed by atoms with Gasteiger partial charge >= 0.3 is 0 Å². The molecule has 2 saturated heterocycles. The summed E-state index contributed by atoms with van der Waals surface area (Å²) in [6, 6.07) is 5.70. The first kappa shape index (κ1) is 17.2. The summed E-state index contributed by atoms with van der Waals surface area (Å²) in [5.74, 6) is 0.564. The topological polar surface area (TPSA) is 112 Å². The van der Waals surface area contributed by atoms with E-state index in [9.17, 15) is 13.5 Å². The third kappa shape index (κ3) is 3.27. The van der Waals surface area contributed by atoms with Gasteiger partial charge in [-0.1, -0.05) is 12.1 Å². The van der Waals surface area contributed by atoms with Gasteiger partial charge in [0.25, 0.3) is 0 Å². The molecule has 3 unspecified atom stereocenters. The summed E-state index contributed by atoms with van der Waals surface area (Å²) in [4.78, 5) is 1.90. The molecule has 3 N–H and O–H groups in total. The molecule has 0 spiro atoms. The molecule has 3 aliphatic rings. The molecule has 0 aromatic heterocycles. The first-order valence-corrected chi connectivity index (χ1v) is 10.1. The molecule has 3 aliphatic heterocycles. The summed E-state index contributed by atoms with van der Waals surface area (Å²) in [5.41, 5.74) is 3.94. The minimum absolute atomic E-state index is 0.0403. The number of sulfone groups is 1. The van der Waals surface area contributed by atoms with Crippen LogP contribution in [0.25, 0.3) is 0 Å². The standard InChI is InChI=1S/C16H22N2O6S/c1-9-6-23-13-4-10(14-15(17-20)24-14)2-3-11(13)5-18(9)16(19)12-7-25(21,22)8-12/h2-4,9,12,14-17,19-20H,5-8H2,1H3/t9-,14?,15?,16?/m0/s1. The molecule has 4 atom stereocenters. The minimum atomic E-state index is -2.98. The van der Waals surface area contributed by atoms with Crippen LogP contribution < -0.4 is 10.2 Å². The minimum Gasteiger partial charge on any atom is -0.492 e. The second kappa shape index (κ2) is 6.19. The van der Waals surface area contributed by atoms with Crippen molar-refractivity contribution >= 4 is 9.84 Å². The summed E-state index contributed by atoms with van der Waals surface area (Å²) in [6.45, 7) is 2.85. The Morgan fingerprint density at radius 2 is 2.12 bits per heavy atom. The first-order chi connectivity index (χ1) is 11.9. The van der Waals surface area contributed by atoms with Crippen molar-refractivity contribution in [3.05, 3.63) is 29.3 Å². The van der Waals surface area contributed by atoms with Gasteiger partial charge in [0.15, 0.2) is 16.1 Å². The van der Waals surface area contributed by atoms with Gasteiger partial charge in [0, 0.05) is 24.1 Å². The quantitative estimate of drug-likeness (QED) is 0.502. The van der Waals surface area contributed by atoms with Crippen molar-refractivity contribution in [2.45, 2.75) is 38.1 Å². The Balaban J connectivity index is 1.51. The molecule has 3 heterocycles. The fraction of sp³-hybridized carbons (Fsp3) is 0.625. The number of ether oxygens (including phenoxy) is 2. The number of aliphatic hydroxyl groups excluding tert-OH is 1. The number of fused-ring (bicyclic) bond motifs is 1. The first-order valence-electron chi connectivity index (χ1n) is 8.33. The number of hydroxylamine groups is 1. The SMILES string of the molecule is C[C@H]1COc2cc(C3OC3NO)ccc2CN1C(O)C1CS(=O)(=O)C1. The van der Waals surface area contributed by atoms with Gasteiger partial charge in [-0.15, -0.1) is 0 Å². The van der Waals surface area contributed by atoms with Crippen molar-refractivity contribution in [3.8, 4) is 5.75 Å². The molecule has 8 nitrogen and oxygen atoms in total. The number of nitrogens with one attached hydrogen (secondary N) is 1. The smallest absolute Gasteiger partial charge is 0.161 e. The van der Waals surface area contributed by atoms with Crippen LogP contribution in [0.3, 0.4) is 0 Å². The van der Waals surface area contributed by atoms with Gasteiger partial charge < -0.3 is 19.8 Å². The zero-order valence-corrected chi connectivity index (χ0v) is 14.6. The van der Waals surface area contributed by atoms with E-state index in [4.69, 9.17) is 14.7 Å². The Morgan fingerprint density at radius 3 is 2.76 bits per heavy atom. The second-order valence-corrected chi connectivity index (χ2v) is 9.21. The van der Waals surface area contributed by atoms with Gasteiger partial charge in [0.1, 0.15) is 24.7 Å². The fourth-order valence-corrected chi connectivity index (χ4v) is 5.09. The van der Waals surface area contributed by atoms with E-state index >= 15 is 0 Å². The lowest BCUT2D eigenvalue weighted by molar-refractivity contribution is -0.0618. The number of rotatable bonds is 4. The van der Waals surface area contributed by atoms with Crippen molar-refractivity contribution < 1.29 is 28.2 Å². The molecule has 4 rings (SSSR count). The average molecular weight is 370 g/mol. The summed E-state index contributed by atoms with van der Waals surface area (Å²) >= 11 is 0. The molecular weight excluding hydrogens is 348 g/mol. The Kier molecular flexibility index (Phi) is 4.25. The monoisotopic (exact) mass is 370 g/mol. The lowest BCUT2D eigenvalue weighted by Crippen LogP contribution is -2.54. The molecule has 9 heteroatoms. The molecule has 0 aliphatic carbocycles. The Bertz CT molecular complexity index is 758. The van der Waals surface area contributed by atoms with Crippen LogP contribution >= 0.6 is 0 Å². The number of hydrogen-bond donors (Lipinski definition) is 3. The van der Waals surface area contributed by atoms with E-state index in [2.05, 4.69) is 5.48 Å². The van der Waals surface area contributed by atoms with Crippen LogP contribution in [0.1, 0.15) is 24.2 Å². The highest BCUT2D eigenvalue weighted by Crippen LogP contribution is 2.39. The van der Waals surface area contributed by atoms with E-state index in [1.54, 1.807) is 0 Å². The van der Waals surface area contributed by atoms with Crippen LogP contribution in [-0.2, 0) is 21.1 Å². The maximum Gasteiger partial charge on any atom is 0.161 e. The van der Waals surface area contributed by atoms with E-state index in [0.29, 0.717) is 13.2 Å². The third-order valence-electron chi connectivity index (χ3n) is 5.14. The predicted molar refractivity (Wildman–Crippen MR) is 87.6 cm³/mol. The van der Waals surface area contributed by atoms with Gasteiger partial charge in [-0.05, 0) is 18.6 Å².